The maximum atomic E-state index is 10.7. The number of hydrogen-bond donors (Lipinski definition) is 0. The van der Waals surface area contributed by atoms with Gasteiger partial charge in [-0.1, -0.05) is 0 Å². The van der Waals surface area contributed by atoms with E-state index in [1.165, 1.54) is 5.06 Å². The summed E-state index contributed by atoms with van der Waals surface area (Å²) in [7, 11) is 0. The van der Waals surface area contributed by atoms with Crippen molar-refractivity contribution in [3.05, 3.63) is 0 Å². The highest BCUT2D eigenvalue weighted by molar-refractivity contribution is 5.93. The van der Waals surface area contributed by atoms with E-state index in [4.69, 9.17) is 9.57 Å². The number of amides is 1. The molecular formula is C4H3NO3. The van der Waals surface area contributed by atoms with Crippen molar-refractivity contribution < 1.29 is 14.4 Å². The zero-order valence-corrected chi connectivity index (χ0v) is 3.96. The average Bonchev–Trinajstić information content (AvgIpc) is 2.33. The Morgan fingerprint density at radius 1 is 1.88 bits per heavy atom. The Bertz CT molecular complexity index is 190. The lowest BCUT2D eigenvalue weighted by molar-refractivity contribution is -0.290. The largest absolute Gasteiger partial charge is 0.327 e. The SMILES string of the molecule is O=C1N2CC3OC13O2. The highest BCUT2D eigenvalue weighted by Gasteiger charge is 2.81. The zero-order valence-electron chi connectivity index (χ0n) is 3.96. The van der Waals surface area contributed by atoms with Crippen molar-refractivity contribution in [1.82, 2.24) is 5.06 Å². The Kier molecular flexibility index (Phi) is 0.263. The Morgan fingerprint density at radius 3 is 2.88 bits per heavy atom. The molecule has 4 aliphatic heterocycles. The molecule has 2 atom stereocenters. The van der Waals surface area contributed by atoms with E-state index in [-0.39, 0.29) is 12.0 Å². The molecule has 2 bridgehead atoms. The number of epoxide rings is 1. The quantitative estimate of drug-likeness (QED) is 0.373. The van der Waals surface area contributed by atoms with Crippen LogP contribution >= 0.6 is 0 Å². The molecule has 0 radical (unpaired) electrons. The van der Waals surface area contributed by atoms with Crippen LogP contribution in [0.4, 0.5) is 0 Å². The number of carbonyl (C=O) groups is 1. The lowest BCUT2D eigenvalue weighted by Crippen LogP contribution is -2.50. The summed E-state index contributed by atoms with van der Waals surface area (Å²) in [6.07, 6.45) is 0.0648. The van der Waals surface area contributed by atoms with Gasteiger partial charge in [-0.2, -0.15) is 0 Å². The smallest absolute Gasteiger partial charge is 0.311 e. The fraction of sp³-hybridized carbons (Fsp3) is 0.750. The minimum atomic E-state index is -0.750. The number of carbonyl (C=O) groups excluding carboxylic acids is 1. The van der Waals surface area contributed by atoms with E-state index in [1.54, 1.807) is 0 Å². The standard InChI is InChI=1S/C4H3NO3/c6-3-4-2(7-4)1-5(3)8-4/h2H,1H2. The maximum Gasteiger partial charge on any atom is 0.311 e. The van der Waals surface area contributed by atoms with Crippen molar-refractivity contribution in [3.8, 4) is 0 Å². The molecule has 0 aromatic heterocycles. The molecule has 0 aromatic carbocycles. The normalized spacial score (nSPS) is 55.8. The second-order valence-corrected chi connectivity index (χ2v) is 2.23. The molecule has 0 N–H and O–H groups in total. The highest BCUT2D eigenvalue weighted by Crippen LogP contribution is 2.54. The van der Waals surface area contributed by atoms with Crippen LogP contribution in [0.25, 0.3) is 0 Å². The van der Waals surface area contributed by atoms with E-state index in [9.17, 15) is 4.79 Å². The molecule has 4 aliphatic rings. The number of nitrogens with zero attached hydrogens (tertiary/aromatic N) is 1. The number of hydrogen-bond acceptors (Lipinski definition) is 3. The van der Waals surface area contributed by atoms with Crippen LogP contribution in [0.2, 0.25) is 0 Å². The molecule has 0 aromatic rings. The molecule has 1 spiro atoms. The molecule has 1 amide bonds. The third-order valence-electron chi connectivity index (χ3n) is 1.79. The maximum absolute atomic E-state index is 10.7. The fourth-order valence-corrected chi connectivity index (χ4v) is 1.25. The Morgan fingerprint density at radius 2 is 2.75 bits per heavy atom. The molecule has 4 fully saturated rings. The van der Waals surface area contributed by atoms with E-state index in [2.05, 4.69) is 0 Å². The number of ether oxygens (including phenoxy) is 1. The molecule has 4 heterocycles. The van der Waals surface area contributed by atoms with Gasteiger partial charge in [0.1, 0.15) is 6.10 Å². The predicted octanol–water partition coefficient (Wildman–Crippen LogP) is -1.13. The van der Waals surface area contributed by atoms with Gasteiger partial charge in [0.05, 0.1) is 6.54 Å². The molecule has 42 valence electrons. The topological polar surface area (TPSA) is 42.1 Å². The predicted molar refractivity (Wildman–Crippen MR) is 20.4 cm³/mol. The summed E-state index contributed by atoms with van der Waals surface area (Å²) in [4.78, 5) is 15.5. The first-order chi connectivity index (χ1) is 3.83. The summed E-state index contributed by atoms with van der Waals surface area (Å²) < 4.78 is 4.91. The van der Waals surface area contributed by atoms with E-state index in [1.807, 2.05) is 0 Å². The molecule has 4 nitrogen and oxygen atoms in total. The van der Waals surface area contributed by atoms with E-state index < -0.39 is 5.79 Å². The van der Waals surface area contributed by atoms with Crippen LogP contribution in [-0.2, 0) is 14.4 Å². The van der Waals surface area contributed by atoms with Gasteiger partial charge in [-0.25, -0.2) is 9.90 Å². The van der Waals surface area contributed by atoms with Gasteiger partial charge in [0.25, 0.3) is 0 Å². The van der Waals surface area contributed by atoms with Gasteiger partial charge in [0.2, 0.25) is 0 Å². The molecule has 2 unspecified atom stereocenters. The van der Waals surface area contributed by atoms with Crippen LogP contribution in [0, 0.1) is 0 Å². The van der Waals surface area contributed by atoms with E-state index >= 15 is 0 Å². The Labute approximate surface area is 44.9 Å². The lowest BCUT2D eigenvalue weighted by atomic mass is 10.3. The molecule has 4 saturated heterocycles. The van der Waals surface area contributed by atoms with Crippen LogP contribution < -0.4 is 0 Å². The first kappa shape index (κ1) is 3.42. The molecule has 4 rings (SSSR count). The lowest BCUT2D eigenvalue weighted by Gasteiger charge is -2.27. The van der Waals surface area contributed by atoms with Gasteiger partial charge in [0.15, 0.2) is 0 Å². The van der Waals surface area contributed by atoms with Crippen molar-refractivity contribution in [2.24, 2.45) is 0 Å². The first-order valence-electron chi connectivity index (χ1n) is 2.52. The summed E-state index contributed by atoms with van der Waals surface area (Å²) >= 11 is 0. The molecular weight excluding hydrogens is 110 g/mol. The van der Waals surface area contributed by atoms with Crippen molar-refractivity contribution in [1.29, 1.82) is 0 Å². The van der Waals surface area contributed by atoms with Crippen molar-refractivity contribution in [3.63, 3.8) is 0 Å². The first-order valence-corrected chi connectivity index (χ1v) is 2.52. The van der Waals surface area contributed by atoms with Crippen molar-refractivity contribution in [2.75, 3.05) is 6.54 Å². The summed E-state index contributed by atoms with van der Waals surface area (Å²) in [6.45, 7) is 0.638. The summed E-state index contributed by atoms with van der Waals surface area (Å²) in [5.74, 6) is -0.748. The van der Waals surface area contributed by atoms with Gasteiger partial charge in [-0.05, 0) is 0 Å². The number of morpholine rings is 1. The van der Waals surface area contributed by atoms with Crippen molar-refractivity contribution >= 4 is 5.91 Å². The second-order valence-electron chi connectivity index (χ2n) is 2.23. The summed E-state index contributed by atoms with van der Waals surface area (Å²) in [6, 6.07) is 0. The monoisotopic (exact) mass is 113 g/mol. The fourth-order valence-electron chi connectivity index (χ4n) is 1.25. The van der Waals surface area contributed by atoms with Crippen LogP contribution in [0.1, 0.15) is 0 Å². The Balaban J connectivity index is 2.20. The highest BCUT2D eigenvalue weighted by atomic mass is 16.9. The molecule has 4 heteroatoms. The second kappa shape index (κ2) is 0.614. The van der Waals surface area contributed by atoms with Gasteiger partial charge in [-0.3, -0.25) is 4.79 Å². The van der Waals surface area contributed by atoms with E-state index in [0.717, 1.165) is 0 Å². The van der Waals surface area contributed by atoms with E-state index in [0.29, 0.717) is 6.54 Å². The van der Waals surface area contributed by atoms with Crippen LogP contribution in [0.15, 0.2) is 0 Å². The third-order valence-corrected chi connectivity index (χ3v) is 1.79. The average molecular weight is 113 g/mol. The minimum Gasteiger partial charge on any atom is -0.327 e. The molecule has 0 aliphatic carbocycles. The van der Waals surface area contributed by atoms with Crippen LogP contribution in [0.3, 0.4) is 0 Å². The molecule has 8 heavy (non-hydrogen) atoms. The van der Waals surface area contributed by atoms with Crippen LogP contribution in [-0.4, -0.2) is 29.4 Å². The number of hydroxylamine groups is 2. The van der Waals surface area contributed by atoms with Gasteiger partial charge in [0, 0.05) is 0 Å². The van der Waals surface area contributed by atoms with Gasteiger partial charge >= 0.3 is 11.7 Å². The van der Waals surface area contributed by atoms with Crippen molar-refractivity contribution in [2.45, 2.75) is 11.9 Å². The van der Waals surface area contributed by atoms with Gasteiger partial charge < -0.3 is 4.74 Å². The Hall–Kier alpha value is -0.610. The summed E-state index contributed by atoms with van der Waals surface area (Å²) in [5, 5.41) is 1.34. The zero-order chi connectivity index (χ0) is 5.35. The third kappa shape index (κ3) is 0.138. The minimum absolute atomic E-state index is 0.00231. The summed E-state index contributed by atoms with van der Waals surface area (Å²) in [5.41, 5.74) is 0. The van der Waals surface area contributed by atoms with Gasteiger partial charge in [-0.15, -0.1) is 0 Å². The van der Waals surface area contributed by atoms with Crippen LogP contribution in [0.5, 0.6) is 0 Å². The number of rotatable bonds is 0. The molecule has 0 saturated carbocycles.